The van der Waals surface area contributed by atoms with Crippen LogP contribution in [0.25, 0.3) is 0 Å². The second-order valence-corrected chi connectivity index (χ2v) is 4.59. The smallest absolute Gasteiger partial charge is 0.188 e. The monoisotopic (exact) mass is 295 g/mol. The van der Waals surface area contributed by atoms with Crippen molar-refractivity contribution in [3.8, 4) is 0 Å². The summed E-state index contributed by atoms with van der Waals surface area (Å²) in [5.41, 5.74) is 6.96. The predicted octanol–water partition coefficient (Wildman–Crippen LogP) is 2.47. The van der Waals surface area contributed by atoms with E-state index in [2.05, 4.69) is 45.0 Å². The highest BCUT2D eigenvalue weighted by molar-refractivity contribution is 9.10. The Labute approximate surface area is 111 Å². The molecular formula is C13H18BrN3. The van der Waals surface area contributed by atoms with E-state index in [4.69, 9.17) is 5.73 Å². The third kappa shape index (κ3) is 6.12. The molecule has 0 aliphatic rings. The van der Waals surface area contributed by atoms with Gasteiger partial charge in [0.2, 0.25) is 0 Å². The molecule has 0 bridgehead atoms. The van der Waals surface area contributed by atoms with Crippen molar-refractivity contribution in [2.75, 3.05) is 13.1 Å². The van der Waals surface area contributed by atoms with Crippen LogP contribution in [0.1, 0.15) is 12.0 Å². The summed E-state index contributed by atoms with van der Waals surface area (Å²) in [5, 5.41) is 2.94. The number of nitrogens with zero attached hydrogens (tertiary/aromatic N) is 1. The Hall–Kier alpha value is -1.29. The van der Waals surface area contributed by atoms with Gasteiger partial charge in [-0.1, -0.05) is 34.1 Å². The van der Waals surface area contributed by atoms with Crippen LogP contribution in [0.5, 0.6) is 0 Å². The molecule has 0 saturated carbocycles. The number of hydrogen-bond donors (Lipinski definition) is 2. The van der Waals surface area contributed by atoms with Crippen molar-refractivity contribution in [1.29, 1.82) is 0 Å². The zero-order chi connectivity index (χ0) is 12.5. The van der Waals surface area contributed by atoms with Crippen molar-refractivity contribution in [2.24, 2.45) is 10.7 Å². The quantitative estimate of drug-likeness (QED) is 0.367. The van der Waals surface area contributed by atoms with Gasteiger partial charge in [0.1, 0.15) is 0 Å². The minimum atomic E-state index is 0.485. The molecule has 0 spiro atoms. The molecule has 0 aliphatic heterocycles. The van der Waals surface area contributed by atoms with Gasteiger partial charge in [-0.15, -0.1) is 6.58 Å². The predicted molar refractivity (Wildman–Crippen MR) is 77.2 cm³/mol. The Balaban J connectivity index is 2.26. The summed E-state index contributed by atoms with van der Waals surface area (Å²) in [6.45, 7) is 4.99. The fourth-order valence-corrected chi connectivity index (χ4v) is 1.85. The lowest BCUT2D eigenvalue weighted by Gasteiger charge is -2.03. The number of nitrogens with two attached hydrogens (primary N) is 1. The molecule has 17 heavy (non-hydrogen) atoms. The average Bonchev–Trinajstić information content (AvgIpc) is 2.32. The Kier molecular flexibility index (Phi) is 6.40. The molecule has 0 heterocycles. The highest BCUT2D eigenvalue weighted by Crippen LogP contribution is 2.12. The van der Waals surface area contributed by atoms with E-state index < -0.39 is 0 Å². The van der Waals surface area contributed by atoms with Gasteiger partial charge in [0.15, 0.2) is 5.96 Å². The van der Waals surface area contributed by atoms with Gasteiger partial charge in [-0.3, -0.25) is 4.99 Å². The SMILES string of the molecule is C=CCNC(N)=NCCCc1cccc(Br)c1. The van der Waals surface area contributed by atoms with E-state index >= 15 is 0 Å². The molecule has 0 atom stereocenters. The Morgan fingerprint density at radius 3 is 3.06 bits per heavy atom. The lowest BCUT2D eigenvalue weighted by Crippen LogP contribution is -2.31. The van der Waals surface area contributed by atoms with E-state index in [-0.39, 0.29) is 0 Å². The van der Waals surface area contributed by atoms with E-state index in [9.17, 15) is 0 Å². The number of rotatable bonds is 6. The first-order valence-electron chi connectivity index (χ1n) is 5.61. The van der Waals surface area contributed by atoms with E-state index in [1.807, 2.05) is 12.1 Å². The van der Waals surface area contributed by atoms with Gasteiger partial charge < -0.3 is 11.1 Å². The fraction of sp³-hybridized carbons (Fsp3) is 0.308. The van der Waals surface area contributed by atoms with E-state index in [0.717, 1.165) is 23.9 Å². The third-order valence-corrected chi connectivity index (χ3v) is 2.72. The maximum atomic E-state index is 5.65. The molecule has 3 nitrogen and oxygen atoms in total. The molecule has 1 aromatic carbocycles. The van der Waals surface area contributed by atoms with Gasteiger partial charge in [0.05, 0.1) is 0 Å². The highest BCUT2D eigenvalue weighted by atomic mass is 79.9. The largest absolute Gasteiger partial charge is 0.370 e. The molecule has 0 aliphatic carbocycles. The molecule has 0 unspecified atom stereocenters. The normalized spacial score (nSPS) is 11.2. The topological polar surface area (TPSA) is 50.4 Å². The van der Waals surface area contributed by atoms with Crippen LogP contribution < -0.4 is 11.1 Å². The van der Waals surface area contributed by atoms with Gasteiger partial charge in [0, 0.05) is 17.6 Å². The van der Waals surface area contributed by atoms with Crippen LogP contribution in [0.2, 0.25) is 0 Å². The summed E-state index contributed by atoms with van der Waals surface area (Å²) in [6.07, 6.45) is 3.76. The van der Waals surface area contributed by atoms with Crippen LogP contribution in [0.3, 0.4) is 0 Å². The molecule has 0 fully saturated rings. The van der Waals surface area contributed by atoms with Crippen LogP contribution >= 0.6 is 15.9 Å². The summed E-state index contributed by atoms with van der Waals surface area (Å²) in [7, 11) is 0. The van der Waals surface area contributed by atoms with Crippen LogP contribution in [0.4, 0.5) is 0 Å². The average molecular weight is 296 g/mol. The first kappa shape index (κ1) is 13.8. The minimum Gasteiger partial charge on any atom is -0.370 e. The highest BCUT2D eigenvalue weighted by Gasteiger charge is 1.94. The summed E-state index contributed by atoms with van der Waals surface area (Å²) >= 11 is 3.46. The van der Waals surface area contributed by atoms with Crippen molar-refractivity contribution in [3.05, 3.63) is 47.0 Å². The molecule has 4 heteroatoms. The van der Waals surface area contributed by atoms with Crippen LogP contribution in [-0.2, 0) is 6.42 Å². The van der Waals surface area contributed by atoms with Crippen molar-refractivity contribution in [2.45, 2.75) is 12.8 Å². The second-order valence-electron chi connectivity index (χ2n) is 3.67. The van der Waals surface area contributed by atoms with E-state index in [0.29, 0.717) is 12.5 Å². The number of nitrogens with one attached hydrogen (secondary N) is 1. The zero-order valence-corrected chi connectivity index (χ0v) is 11.4. The van der Waals surface area contributed by atoms with Crippen LogP contribution in [0, 0.1) is 0 Å². The van der Waals surface area contributed by atoms with Gasteiger partial charge in [-0.2, -0.15) is 0 Å². The van der Waals surface area contributed by atoms with Crippen molar-refractivity contribution >= 4 is 21.9 Å². The molecular weight excluding hydrogens is 278 g/mol. The minimum absolute atomic E-state index is 0.485. The Morgan fingerprint density at radius 1 is 1.53 bits per heavy atom. The van der Waals surface area contributed by atoms with Crippen molar-refractivity contribution < 1.29 is 0 Å². The van der Waals surface area contributed by atoms with E-state index in [1.54, 1.807) is 6.08 Å². The first-order chi connectivity index (χ1) is 8.22. The molecule has 3 N–H and O–H groups in total. The lowest BCUT2D eigenvalue weighted by atomic mass is 10.1. The molecule has 1 aromatic rings. The Morgan fingerprint density at radius 2 is 2.35 bits per heavy atom. The maximum absolute atomic E-state index is 5.65. The number of halogens is 1. The zero-order valence-electron chi connectivity index (χ0n) is 9.82. The molecule has 0 aromatic heterocycles. The van der Waals surface area contributed by atoms with Gasteiger partial charge in [-0.05, 0) is 30.5 Å². The fourth-order valence-electron chi connectivity index (χ4n) is 1.41. The van der Waals surface area contributed by atoms with Crippen molar-refractivity contribution in [1.82, 2.24) is 5.32 Å². The standard InChI is InChI=1S/C13H18BrN3/c1-2-8-16-13(15)17-9-4-6-11-5-3-7-12(14)10-11/h2-3,5,7,10H,1,4,6,8-9H2,(H3,15,16,17). The van der Waals surface area contributed by atoms with Gasteiger partial charge in [-0.25, -0.2) is 0 Å². The number of aryl methyl sites for hydroxylation is 1. The molecule has 0 saturated heterocycles. The Bertz CT molecular complexity index is 388. The van der Waals surface area contributed by atoms with Crippen LogP contribution in [-0.4, -0.2) is 19.0 Å². The maximum Gasteiger partial charge on any atom is 0.188 e. The third-order valence-electron chi connectivity index (χ3n) is 2.22. The van der Waals surface area contributed by atoms with E-state index in [1.165, 1.54) is 5.56 Å². The van der Waals surface area contributed by atoms with Gasteiger partial charge >= 0.3 is 0 Å². The summed E-state index contributed by atoms with van der Waals surface area (Å²) in [4.78, 5) is 4.22. The summed E-state index contributed by atoms with van der Waals surface area (Å²) < 4.78 is 1.12. The molecule has 0 radical (unpaired) electrons. The molecule has 0 amide bonds. The summed E-state index contributed by atoms with van der Waals surface area (Å²) in [5.74, 6) is 0.485. The van der Waals surface area contributed by atoms with Crippen LogP contribution in [0.15, 0.2) is 46.4 Å². The van der Waals surface area contributed by atoms with Crippen molar-refractivity contribution in [3.63, 3.8) is 0 Å². The number of guanidine groups is 1. The first-order valence-corrected chi connectivity index (χ1v) is 6.41. The number of hydrogen-bond acceptors (Lipinski definition) is 1. The molecule has 92 valence electrons. The van der Waals surface area contributed by atoms with Gasteiger partial charge in [0.25, 0.3) is 0 Å². The summed E-state index contributed by atoms with van der Waals surface area (Å²) in [6, 6.07) is 8.32. The second kappa shape index (κ2) is 7.90. The molecule has 1 rings (SSSR count). The number of aliphatic imine (C=N–C) groups is 1. The number of benzene rings is 1. The lowest BCUT2D eigenvalue weighted by molar-refractivity contribution is 0.823.